The van der Waals surface area contributed by atoms with E-state index in [0.717, 1.165) is 18.2 Å². The van der Waals surface area contributed by atoms with Gasteiger partial charge in [0.1, 0.15) is 5.56 Å². The van der Waals surface area contributed by atoms with Crippen LogP contribution >= 0.6 is 0 Å². The molecule has 0 radical (unpaired) electrons. The van der Waals surface area contributed by atoms with E-state index in [2.05, 4.69) is 5.32 Å². The summed E-state index contributed by atoms with van der Waals surface area (Å²) in [6.45, 7) is 1.36. The minimum atomic E-state index is -0.867. The molecule has 0 atom stereocenters. The van der Waals surface area contributed by atoms with Gasteiger partial charge in [0.15, 0.2) is 5.78 Å². The lowest BCUT2D eigenvalue weighted by Crippen LogP contribution is -2.14. The molecule has 24 heavy (non-hydrogen) atoms. The Kier molecular flexibility index (Phi) is 4.64. The summed E-state index contributed by atoms with van der Waals surface area (Å²) < 4.78 is 0. The molecule has 2 aromatic rings. The van der Waals surface area contributed by atoms with Crippen LogP contribution < -0.4 is 5.32 Å². The fraction of sp³-hybridized carbons (Fsp3) is 0.0667. The molecule has 9 heteroatoms. The smallest absolute Gasteiger partial charge is 0.289 e. The molecular formula is C15H11N3O6. The van der Waals surface area contributed by atoms with Gasteiger partial charge < -0.3 is 5.32 Å². The summed E-state index contributed by atoms with van der Waals surface area (Å²) in [5, 5.41) is 24.2. The third-order valence-electron chi connectivity index (χ3n) is 3.16. The molecule has 0 fully saturated rings. The number of carbonyl (C=O) groups excluding carboxylic acids is 2. The molecule has 1 N–H and O–H groups in total. The second-order valence-electron chi connectivity index (χ2n) is 4.81. The van der Waals surface area contributed by atoms with Crippen molar-refractivity contribution in [3.8, 4) is 0 Å². The van der Waals surface area contributed by atoms with Gasteiger partial charge in [-0.25, -0.2) is 0 Å². The Balaban J connectivity index is 2.36. The van der Waals surface area contributed by atoms with Gasteiger partial charge in [-0.1, -0.05) is 12.1 Å². The Labute approximate surface area is 135 Å². The number of nitro groups is 2. The number of benzene rings is 2. The Morgan fingerprint density at radius 2 is 1.71 bits per heavy atom. The summed E-state index contributed by atoms with van der Waals surface area (Å²) in [6.07, 6.45) is 0. The zero-order valence-electron chi connectivity index (χ0n) is 12.4. The number of nitrogens with zero attached hydrogens (tertiary/aromatic N) is 2. The molecule has 2 aromatic carbocycles. The Morgan fingerprint density at radius 3 is 2.29 bits per heavy atom. The molecule has 0 aliphatic carbocycles. The van der Waals surface area contributed by atoms with E-state index in [1.807, 2.05) is 0 Å². The number of non-ortho nitro benzene ring substituents is 1. The molecule has 0 unspecified atom stereocenters. The topological polar surface area (TPSA) is 132 Å². The average Bonchev–Trinajstić information content (AvgIpc) is 2.54. The second-order valence-corrected chi connectivity index (χ2v) is 4.81. The maximum Gasteiger partial charge on any atom is 0.289 e. The molecule has 0 aliphatic heterocycles. The number of rotatable bonds is 5. The van der Waals surface area contributed by atoms with E-state index in [9.17, 15) is 29.8 Å². The van der Waals surface area contributed by atoms with Crippen LogP contribution in [0, 0.1) is 20.2 Å². The number of ketones is 1. The first-order valence-electron chi connectivity index (χ1n) is 6.65. The van der Waals surface area contributed by atoms with E-state index in [4.69, 9.17) is 0 Å². The lowest BCUT2D eigenvalue weighted by Gasteiger charge is -2.07. The van der Waals surface area contributed by atoms with Crippen molar-refractivity contribution in [3.05, 3.63) is 73.8 Å². The van der Waals surface area contributed by atoms with Gasteiger partial charge in [-0.15, -0.1) is 0 Å². The summed E-state index contributed by atoms with van der Waals surface area (Å²) in [5.74, 6) is -1.01. The summed E-state index contributed by atoms with van der Waals surface area (Å²) in [5.41, 5.74) is -0.841. The maximum atomic E-state index is 12.2. The van der Waals surface area contributed by atoms with Crippen molar-refractivity contribution in [2.24, 2.45) is 0 Å². The van der Waals surface area contributed by atoms with E-state index in [1.54, 1.807) is 12.1 Å². The first kappa shape index (κ1) is 16.7. The molecule has 0 aromatic heterocycles. The first-order chi connectivity index (χ1) is 11.3. The van der Waals surface area contributed by atoms with E-state index in [0.29, 0.717) is 5.56 Å². The molecule has 1 amide bonds. The number of amides is 1. The highest BCUT2D eigenvalue weighted by Crippen LogP contribution is 2.25. The van der Waals surface area contributed by atoms with Crippen LogP contribution in [0.15, 0.2) is 42.5 Å². The average molecular weight is 329 g/mol. The number of nitro benzene ring substituents is 2. The van der Waals surface area contributed by atoms with Gasteiger partial charge >= 0.3 is 0 Å². The third kappa shape index (κ3) is 3.58. The summed E-state index contributed by atoms with van der Waals surface area (Å²) >= 11 is 0. The highest BCUT2D eigenvalue weighted by molar-refractivity contribution is 6.07. The van der Waals surface area contributed by atoms with Gasteiger partial charge in [0.05, 0.1) is 15.9 Å². The van der Waals surface area contributed by atoms with Crippen molar-refractivity contribution >= 4 is 28.8 Å². The number of hydrogen-bond donors (Lipinski definition) is 1. The van der Waals surface area contributed by atoms with Gasteiger partial charge in [-0.3, -0.25) is 29.8 Å². The molecule has 0 heterocycles. The molecule has 9 nitrogen and oxygen atoms in total. The van der Waals surface area contributed by atoms with E-state index >= 15 is 0 Å². The van der Waals surface area contributed by atoms with Crippen molar-refractivity contribution < 1.29 is 19.4 Å². The van der Waals surface area contributed by atoms with E-state index in [-0.39, 0.29) is 17.0 Å². The fourth-order valence-corrected chi connectivity index (χ4v) is 1.99. The SMILES string of the molecule is CC(=O)c1cccc(NC(=O)c2ccc([N+](=O)[O-])cc2[N+](=O)[O-])c1. The lowest BCUT2D eigenvalue weighted by molar-refractivity contribution is -0.394. The Bertz CT molecular complexity index is 862. The van der Waals surface area contributed by atoms with Gasteiger partial charge in [-0.2, -0.15) is 0 Å². The van der Waals surface area contributed by atoms with Crippen molar-refractivity contribution in [2.75, 3.05) is 5.32 Å². The number of anilines is 1. The van der Waals surface area contributed by atoms with Gasteiger partial charge in [0.2, 0.25) is 0 Å². The van der Waals surface area contributed by atoms with Crippen LogP contribution in [0.4, 0.5) is 17.1 Å². The Hall–Kier alpha value is -3.62. The van der Waals surface area contributed by atoms with Crippen molar-refractivity contribution in [1.82, 2.24) is 0 Å². The van der Waals surface area contributed by atoms with Crippen molar-refractivity contribution in [2.45, 2.75) is 6.92 Å². The molecule has 0 saturated heterocycles. The maximum absolute atomic E-state index is 12.2. The monoisotopic (exact) mass is 329 g/mol. The van der Waals surface area contributed by atoms with Crippen LogP contribution in [0.5, 0.6) is 0 Å². The summed E-state index contributed by atoms with van der Waals surface area (Å²) in [7, 11) is 0. The second kappa shape index (κ2) is 6.65. The summed E-state index contributed by atoms with van der Waals surface area (Å²) in [6, 6.07) is 8.80. The predicted molar refractivity (Wildman–Crippen MR) is 84.2 cm³/mol. The first-order valence-corrected chi connectivity index (χ1v) is 6.65. The Morgan fingerprint density at radius 1 is 1.00 bits per heavy atom. The minimum absolute atomic E-state index is 0.201. The van der Waals surface area contributed by atoms with Crippen LogP contribution in [-0.2, 0) is 0 Å². The van der Waals surface area contributed by atoms with Gasteiger partial charge in [0.25, 0.3) is 17.3 Å². The lowest BCUT2D eigenvalue weighted by atomic mass is 10.1. The number of nitrogens with one attached hydrogen (secondary N) is 1. The van der Waals surface area contributed by atoms with E-state index in [1.165, 1.54) is 19.1 Å². The van der Waals surface area contributed by atoms with Crippen LogP contribution in [0.3, 0.4) is 0 Å². The zero-order chi connectivity index (χ0) is 17.9. The molecule has 2 rings (SSSR count). The number of carbonyl (C=O) groups is 2. The molecule has 0 saturated carbocycles. The van der Waals surface area contributed by atoms with Crippen LogP contribution in [0.2, 0.25) is 0 Å². The highest BCUT2D eigenvalue weighted by Gasteiger charge is 2.24. The molecule has 0 bridgehead atoms. The summed E-state index contributed by atoms with van der Waals surface area (Å²) in [4.78, 5) is 43.7. The van der Waals surface area contributed by atoms with Crippen molar-refractivity contribution in [1.29, 1.82) is 0 Å². The number of Topliss-reactive ketones (excluding diaryl/α,β-unsaturated/α-hetero) is 1. The normalized spacial score (nSPS) is 10.0. The van der Waals surface area contributed by atoms with Crippen LogP contribution in [0.1, 0.15) is 27.6 Å². The van der Waals surface area contributed by atoms with Crippen LogP contribution in [-0.4, -0.2) is 21.5 Å². The third-order valence-corrected chi connectivity index (χ3v) is 3.16. The van der Waals surface area contributed by atoms with Crippen molar-refractivity contribution in [3.63, 3.8) is 0 Å². The number of hydrogen-bond acceptors (Lipinski definition) is 6. The van der Waals surface area contributed by atoms with Gasteiger partial charge in [-0.05, 0) is 25.1 Å². The largest absolute Gasteiger partial charge is 0.322 e. The fourth-order valence-electron chi connectivity index (χ4n) is 1.99. The van der Waals surface area contributed by atoms with E-state index < -0.39 is 27.1 Å². The van der Waals surface area contributed by atoms with Crippen LogP contribution in [0.25, 0.3) is 0 Å². The molecular weight excluding hydrogens is 318 g/mol. The highest BCUT2D eigenvalue weighted by atomic mass is 16.6. The molecule has 0 aliphatic rings. The standard InChI is InChI=1S/C15H11N3O6/c1-9(19)10-3-2-4-11(7-10)16-15(20)13-6-5-12(17(21)22)8-14(13)18(23)24/h2-8H,1H3,(H,16,20). The van der Waals surface area contributed by atoms with Gasteiger partial charge in [0, 0.05) is 17.3 Å². The zero-order valence-corrected chi connectivity index (χ0v) is 12.4. The predicted octanol–water partition coefficient (Wildman–Crippen LogP) is 2.96. The molecule has 0 spiro atoms. The molecule has 122 valence electrons. The minimum Gasteiger partial charge on any atom is -0.322 e. The quantitative estimate of drug-likeness (QED) is 0.509.